The summed E-state index contributed by atoms with van der Waals surface area (Å²) in [6.07, 6.45) is 0. The number of carbonyl (C=O) groups is 1. The van der Waals surface area contributed by atoms with Crippen molar-refractivity contribution in [2.45, 2.75) is 13.5 Å². The summed E-state index contributed by atoms with van der Waals surface area (Å²) in [5.74, 6) is -0.893. The van der Waals surface area contributed by atoms with Gasteiger partial charge >= 0.3 is 5.97 Å². The first-order valence-corrected chi connectivity index (χ1v) is 8.25. The zero-order chi connectivity index (χ0) is 16.0. The van der Waals surface area contributed by atoms with Crippen molar-refractivity contribution in [3.05, 3.63) is 69.9 Å². The van der Waals surface area contributed by atoms with Gasteiger partial charge in [-0.1, -0.05) is 24.3 Å². The van der Waals surface area contributed by atoms with Gasteiger partial charge in [0, 0.05) is 26.0 Å². The highest BCUT2D eigenvalue weighted by Crippen LogP contribution is 2.31. The Morgan fingerprint density at radius 1 is 1.04 bits per heavy atom. The van der Waals surface area contributed by atoms with E-state index >= 15 is 0 Å². The molecule has 2 heterocycles. The normalized spacial score (nSPS) is 11.3. The van der Waals surface area contributed by atoms with E-state index in [0.717, 1.165) is 28.4 Å². The first kappa shape index (κ1) is 14.0. The molecule has 2 aromatic carbocycles. The van der Waals surface area contributed by atoms with Crippen LogP contribution in [-0.4, -0.2) is 15.6 Å². The molecular weight excluding hydrogens is 306 g/mol. The summed E-state index contributed by atoms with van der Waals surface area (Å²) in [4.78, 5) is 13.9. The van der Waals surface area contributed by atoms with E-state index in [0.29, 0.717) is 5.56 Å². The average Bonchev–Trinajstić information content (AvgIpc) is 3.10. The summed E-state index contributed by atoms with van der Waals surface area (Å²) in [5.41, 5.74) is 2.43. The molecule has 2 aromatic heterocycles. The molecule has 114 valence electrons. The van der Waals surface area contributed by atoms with E-state index in [1.165, 1.54) is 9.75 Å². The van der Waals surface area contributed by atoms with Crippen molar-refractivity contribution in [1.82, 2.24) is 4.57 Å². The van der Waals surface area contributed by atoms with Gasteiger partial charge in [0.2, 0.25) is 0 Å². The fourth-order valence-electron chi connectivity index (χ4n) is 3.08. The molecule has 3 nitrogen and oxygen atoms in total. The number of fused-ring (bicyclic) bond motifs is 3. The van der Waals surface area contributed by atoms with E-state index in [1.807, 2.05) is 18.2 Å². The van der Waals surface area contributed by atoms with Crippen LogP contribution in [0.2, 0.25) is 0 Å². The van der Waals surface area contributed by atoms with Crippen LogP contribution in [0.4, 0.5) is 0 Å². The zero-order valence-corrected chi connectivity index (χ0v) is 13.4. The Morgan fingerprint density at radius 3 is 2.57 bits per heavy atom. The van der Waals surface area contributed by atoms with Crippen molar-refractivity contribution < 1.29 is 9.90 Å². The van der Waals surface area contributed by atoms with Crippen molar-refractivity contribution in [1.29, 1.82) is 0 Å². The minimum atomic E-state index is -0.893. The van der Waals surface area contributed by atoms with Gasteiger partial charge in [0.25, 0.3) is 0 Å². The number of aryl methyl sites for hydroxylation is 1. The lowest BCUT2D eigenvalue weighted by Gasteiger charge is -2.06. The number of para-hydroxylation sites is 1. The van der Waals surface area contributed by atoms with Crippen LogP contribution < -0.4 is 0 Å². The predicted molar refractivity (Wildman–Crippen MR) is 94.6 cm³/mol. The standard InChI is InChI=1S/C19H15NO2S/c1-12-6-8-14(23-12)11-20-17-5-3-2-4-15(17)16-9-7-13(19(21)22)10-18(16)20/h2-10H,11H2,1H3,(H,21,22). The molecule has 0 unspecified atom stereocenters. The maximum atomic E-state index is 11.3. The van der Waals surface area contributed by atoms with Gasteiger partial charge in [0.15, 0.2) is 0 Å². The Morgan fingerprint density at radius 2 is 1.83 bits per heavy atom. The molecule has 0 spiro atoms. The van der Waals surface area contributed by atoms with Gasteiger partial charge in [-0.05, 0) is 37.3 Å². The SMILES string of the molecule is Cc1ccc(Cn2c3ccccc3c3ccc(C(=O)O)cc32)s1. The van der Waals surface area contributed by atoms with E-state index in [4.69, 9.17) is 0 Å². The van der Waals surface area contributed by atoms with Gasteiger partial charge < -0.3 is 9.67 Å². The highest BCUT2D eigenvalue weighted by Gasteiger charge is 2.13. The number of aromatic carboxylic acids is 1. The summed E-state index contributed by atoms with van der Waals surface area (Å²) < 4.78 is 2.21. The first-order valence-electron chi connectivity index (χ1n) is 7.43. The predicted octanol–water partition coefficient (Wildman–Crippen LogP) is 4.91. The average molecular weight is 321 g/mol. The second-order valence-electron chi connectivity index (χ2n) is 5.65. The van der Waals surface area contributed by atoms with Gasteiger partial charge in [-0.15, -0.1) is 11.3 Å². The third-order valence-corrected chi connectivity index (χ3v) is 5.12. The maximum absolute atomic E-state index is 11.3. The second-order valence-corrected chi connectivity index (χ2v) is 7.03. The summed E-state index contributed by atoms with van der Waals surface area (Å²) in [5, 5.41) is 11.6. The number of hydrogen-bond donors (Lipinski definition) is 1. The second kappa shape index (κ2) is 5.25. The monoisotopic (exact) mass is 321 g/mol. The molecule has 0 saturated carbocycles. The van der Waals surface area contributed by atoms with Gasteiger partial charge in [-0.25, -0.2) is 4.79 Å². The van der Waals surface area contributed by atoms with Crippen LogP contribution in [-0.2, 0) is 6.54 Å². The Labute approximate surface area is 137 Å². The van der Waals surface area contributed by atoms with E-state index < -0.39 is 5.97 Å². The number of hydrogen-bond acceptors (Lipinski definition) is 2. The smallest absolute Gasteiger partial charge is 0.335 e. The van der Waals surface area contributed by atoms with E-state index in [1.54, 1.807) is 23.5 Å². The van der Waals surface area contributed by atoms with Gasteiger partial charge in [0.05, 0.1) is 17.6 Å². The van der Waals surface area contributed by atoms with Crippen molar-refractivity contribution >= 4 is 39.1 Å². The molecule has 0 aliphatic carbocycles. The Balaban J connectivity index is 2.00. The van der Waals surface area contributed by atoms with Crippen LogP contribution in [0.25, 0.3) is 21.8 Å². The van der Waals surface area contributed by atoms with Crippen LogP contribution in [0.3, 0.4) is 0 Å². The minimum Gasteiger partial charge on any atom is -0.478 e. The molecule has 1 N–H and O–H groups in total. The number of rotatable bonds is 3. The van der Waals surface area contributed by atoms with Crippen molar-refractivity contribution in [3.63, 3.8) is 0 Å². The molecule has 23 heavy (non-hydrogen) atoms. The van der Waals surface area contributed by atoms with Crippen molar-refractivity contribution in [2.75, 3.05) is 0 Å². The molecule has 0 saturated heterocycles. The lowest BCUT2D eigenvalue weighted by Crippen LogP contribution is -2.00. The first-order chi connectivity index (χ1) is 11.1. The van der Waals surface area contributed by atoms with E-state index in [2.05, 4.69) is 35.8 Å². The molecule has 4 rings (SSSR count). The number of carboxylic acid groups (broad SMARTS) is 1. The summed E-state index contributed by atoms with van der Waals surface area (Å²) in [6, 6.07) is 17.9. The number of nitrogens with zero attached hydrogens (tertiary/aromatic N) is 1. The van der Waals surface area contributed by atoms with Gasteiger partial charge in [-0.2, -0.15) is 0 Å². The summed E-state index contributed by atoms with van der Waals surface area (Å²) >= 11 is 1.78. The fraction of sp³-hybridized carbons (Fsp3) is 0.105. The largest absolute Gasteiger partial charge is 0.478 e. The molecule has 0 aliphatic rings. The van der Waals surface area contributed by atoms with Crippen LogP contribution in [0, 0.1) is 6.92 Å². The third kappa shape index (κ3) is 2.32. The molecule has 0 atom stereocenters. The molecule has 0 aliphatic heterocycles. The van der Waals surface area contributed by atoms with E-state index in [-0.39, 0.29) is 0 Å². The zero-order valence-electron chi connectivity index (χ0n) is 12.6. The lowest BCUT2D eigenvalue weighted by molar-refractivity contribution is 0.0697. The Hall–Kier alpha value is -2.59. The lowest BCUT2D eigenvalue weighted by atomic mass is 10.1. The summed E-state index contributed by atoms with van der Waals surface area (Å²) in [6.45, 7) is 2.86. The number of aromatic nitrogens is 1. The molecule has 4 heteroatoms. The van der Waals surface area contributed by atoms with E-state index in [9.17, 15) is 9.90 Å². The van der Waals surface area contributed by atoms with Gasteiger partial charge in [-0.3, -0.25) is 0 Å². The third-order valence-electron chi connectivity index (χ3n) is 4.13. The molecule has 0 radical (unpaired) electrons. The molecular formula is C19H15NO2S. The quantitative estimate of drug-likeness (QED) is 0.582. The Bertz CT molecular complexity index is 1040. The highest BCUT2D eigenvalue weighted by atomic mass is 32.1. The van der Waals surface area contributed by atoms with Gasteiger partial charge in [0.1, 0.15) is 0 Å². The summed E-state index contributed by atoms with van der Waals surface area (Å²) in [7, 11) is 0. The van der Waals surface area contributed by atoms with Crippen LogP contribution in [0.1, 0.15) is 20.1 Å². The van der Waals surface area contributed by atoms with Crippen molar-refractivity contribution in [3.8, 4) is 0 Å². The fourth-order valence-corrected chi connectivity index (χ4v) is 3.96. The number of carboxylic acids is 1. The molecule has 0 bridgehead atoms. The number of thiophene rings is 1. The molecule has 4 aromatic rings. The van der Waals surface area contributed by atoms with Crippen molar-refractivity contribution in [2.24, 2.45) is 0 Å². The topological polar surface area (TPSA) is 42.2 Å². The molecule has 0 fully saturated rings. The molecule has 0 amide bonds. The Kier molecular flexibility index (Phi) is 3.20. The minimum absolute atomic E-state index is 0.323. The highest BCUT2D eigenvalue weighted by molar-refractivity contribution is 7.11. The van der Waals surface area contributed by atoms with Crippen LogP contribution in [0.5, 0.6) is 0 Å². The maximum Gasteiger partial charge on any atom is 0.335 e. The van der Waals surface area contributed by atoms with Crippen LogP contribution >= 0.6 is 11.3 Å². The van der Waals surface area contributed by atoms with Crippen LogP contribution in [0.15, 0.2) is 54.6 Å². The number of benzene rings is 2.